The predicted octanol–water partition coefficient (Wildman–Crippen LogP) is 11.3. The number of unbranched alkanes of at least 4 members (excludes halogenated alkanes) is 11. The summed E-state index contributed by atoms with van der Waals surface area (Å²) in [4.78, 5) is 33.5. The van der Waals surface area contributed by atoms with Gasteiger partial charge in [-0.15, -0.1) is 6.58 Å². The summed E-state index contributed by atoms with van der Waals surface area (Å²) in [5.41, 5.74) is 3.17. The zero-order chi connectivity index (χ0) is 44.2. The maximum Gasteiger partial charge on any atom is 0.410 e. The second kappa shape index (κ2) is 25.8. The van der Waals surface area contributed by atoms with Gasteiger partial charge in [-0.3, -0.25) is 9.69 Å². The highest BCUT2D eigenvalue weighted by molar-refractivity contribution is 6.03. The van der Waals surface area contributed by atoms with Gasteiger partial charge in [-0.25, -0.2) is 4.79 Å². The summed E-state index contributed by atoms with van der Waals surface area (Å²) in [5, 5.41) is 24.5. The average Bonchev–Trinajstić information content (AvgIpc) is 3.28. The average molecular weight is 859 g/mol. The van der Waals surface area contributed by atoms with Crippen molar-refractivity contribution in [2.45, 2.75) is 147 Å². The summed E-state index contributed by atoms with van der Waals surface area (Å²) in [6, 6.07) is 12.3. The Kier molecular flexibility index (Phi) is 20.3. The molecule has 2 N–H and O–H groups in total. The van der Waals surface area contributed by atoms with Crippen molar-refractivity contribution in [1.29, 1.82) is 0 Å². The van der Waals surface area contributed by atoms with E-state index in [1.165, 1.54) is 44.9 Å². The smallest absolute Gasteiger partial charge is 0.410 e. The minimum atomic E-state index is -1.36. The van der Waals surface area contributed by atoms with Crippen LogP contribution in [0.3, 0.4) is 0 Å². The van der Waals surface area contributed by atoms with Gasteiger partial charge in [-0.2, -0.15) is 0 Å². The summed E-state index contributed by atoms with van der Waals surface area (Å²) in [7, 11) is 1.55. The number of aliphatic hydroxyl groups excluding tert-OH is 2. The summed E-state index contributed by atoms with van der Waals surface area (Å²) in [6.07, 6.45) is 22.0. The molecule has 0 unspecified atom stereocenters. The van der Waals surface area contributed by atoms with Crippen LogP contribution in [0.1, 0.15) is 151 Å². The second-order valence-corrected chi connectivity index (χ2v) is 17.2. The fraction of sp³-hybridized carbons (Fsp3) is 0.627. The van der Waals surface area contributed by atoms with Gasteiger partial charge in [-0.1, -0.05) is 114 Å². The summed E-state index contributed by atoms with van der Waals surface area (Å²) in [5.74, 6) is -0.0355. The number of aldehydes is 1. The zero-order valence-corrected chi connectivity index (χ0v) is 37.8. The number of aliphatic hydroxyl groups is 2. The molecule has 1 saturated carbocycles. The zero-order valence-electron chi connectivity index (χ0n) is 37.8. The molecule has 3 aliphatic rings. The topological polar surface area (TPSA) is 136 Å². The van der Waals surface area contributed by atoms with Crippen molar-refractivity contribution in [2.24, 2.45) is 22.9 Å². The minimum Gasteiger partial charge on any atom is -0.459 e. The minimum absolute atomic E-state index is 0.0717. The number of hydrogen-bond acceptors (Lipinski definition) is 10. The number of oxime groups is 1. The van der Waals surface area contributed by atoms with E-state index in [2.05, 4.69) is 31.7 Å². The number of ether oxygens (including phenoxy) is 4. The lowest BCUT2D eigenvalue weighted by atomic mass is 9.55. The first-order valence-corrected chi connectivity index (χ1v) is 23.7. The molecule has 0 saturated heterocycles. The molecular weight excluding hydrogens is 785 g/mol. The van der Waals surface area contributed by atoms with Gasteiger partial charge in [-0.05, 0) is 86.3 Å². The van der Waals surface area contributed by atoms with E-state index in [9.17, 15) is 19.8 Å². The molecule has 0 spiro atoms. The Labute approximate surface area is 370 Å². The molecule has 0 aromatic heterocycles. The first-order chi connectivity index (χ1) is 30.4. The number of fused-ring (bicyclic) bond motifs is 2. The lowest BCUT2D eigenvalue weighted by Crippen LogP contribution is -2.70. The fourth-order valence-corrected chi connectivity index (χ4v) is 10.1. The van der Waals surface area contributed by atoms with Crippen molar-refractivity contribution >= 4 is 18.1 Å². The Bertz CT molecular complexity index is 1760. The van der Waals surface area contributed by atoms with Gasteiger partial charge in [0.2, 0.25) is 5.79 Å². The number of allylic oxidation sites excluding steroid dienone is 1. The lowest BCUT2D eigenvalue weighted by molar-refractivity contribution is -0.255. The van der Waals surface area contributed by atoms with E-state index in [4.69, 9.17) is 23.8 Å². The van der Waals surface area contributed by atoms with E-state index in [1.807, 2.05) is 24.3 Å². The number of benzene rings is 2. The van der Waals surface area contributed by atoms with Gasteiger partial charge in [0.1, 0.15) is 36.7 Å². The molecule has 0 bridgehead atoms. The Morgan fingerprint density at radius 3 is 2.29 bits per heavy atom. The van der Waals surface area contributed by atoms with Crippen LogP contribution in [0.15, 0.2) is 71.9 Å². The Morgan fingerprint density at radius 2 is 1.61 bits per heavy atom. The second-order valence-electron chi connectivity index (χ2n) is 17.2. The monoisotopic (exact) mass is 859 g/mol. The molecule has 62 heavy (non-hydrogen) atoms. The van der Waals surface area contributed by atoms with Crippen LogP contribution in [0.4, 0.5) is 4.79 Å². The van der Waals surface area contributed by atoms with Crippen LogP contribution in [0.25, 0.3) is 0 Å². The van der Waals surface area contributed by atoms with Gasteiger partial charge < -0.3 is 34.0 Å². The van der Waals surface area contributed by atoms with Crippen molar-refractivity contribution in [3.05, 3.63) is 77.9 Å². The molecule has 342 valence electrons. The molecular formula is C51H74N2O9. The normalized spacial score (nSPS) is 23.1. The molecule has 2 aliphatic carbocycles. The van der Waals surface area contributed by atoms with Crippen LogP contribution in [-0.4, -0.2) is 85.1 Å². The van der Waals surface area contributed by atoms with Crippen LogP contribution in [-0.2, 0) is 14.3 Å². The number of hydrogen-bond donors (Lipinski definition) is 2. The van der Waals surface area contributed by atoms with Crippen LogP contribution >= 0.6 is 0 Å². The number of rotatable bonds is 29. The summed E-state index contributed by atoms with van der Waals surface area (Å²) < 4.78 is 26.9. The van der Waals surface area contributed by atoms with Crippen molar-refractivity contribution in [2.75, 3.05) is 40.1 Å². The van der Waals surface area contributed by atoms with E-state index in [0.717, 1.165) is 68.1 Å². The molecule has 1 heterocycles. The molecule has 0 radical (unpaired) electrons. The van der Waals surface area contributed by atoms with E-state index in [1.54, 1.807) is 36.3 Å². The molecule has 11 heteroatoms. The number of nitrogens with zero attached hydrogens (tertiary/aromatic N) is 2. The molecule has 1 amide bonds. The van der Waals surface area contributed by atoms with Crippen molar-refractivity contribution < 1.29 is 43.6 Å². The van der Waals surface area contributed by atoms with Crippen LogP contribution in [0, 0.1) is 17.8 Å². The molecule has 1 aliphatic heterocycles. The van der Waals surface area contributed by atoms with Gasteiger partial charge in [0.25, 0.3) is 0 Å². The highest BCUT2D eigenvalue weighted by Gasteiger charge is 2.65. The van der Waals surface area contributed by atoms with Crippen molar-refractivity contribution in [3.8, 4) is 17.2 Å². The third-order valence-corrected chi connectivity index (χ3v) is 12.9. The van der Waals surface area contributed by atoms with Crippen LogP contribution in [0.2, 0.25) is 0 Å². The Balaban J connectivity index is 1.55. The van der Waals surface area contributed by atoms with Crippen molar-refractivity contribution in [3.63, 3.8) is 0 Å². The van der Waals surface area contributed by atoms with E-state index < -0.39 is 23.8 Å². The van der Waals surface area contributed by atoms with Crippen LogP contribution in [0.5, 0.6) is 17.2 Å². The van der Waals surface area contributed by atoms with Gasteiger partial charge in [0.05, 0.1) is 24.8 Å². The molecule has 2 aromatic rings. The highest BCUT2D eigenvalue weighted by Crippen LogP contribution is 2.62. The lowest BCUT2D eigenvalue weighted by Gasteiger charge is -2.59. The SMILES string of the molecule is C=CCO[C@@]12Oc3ccc(Oc4cccc(C=O)c4)cc3[C@H]3[C@H](CCCCO)[C@@H](CCCCO)C=C(C(=NOC)C[C@@H]1N(CCC)C(=O)OCCCCCCCCCCCC)[C@H]32. The molecule has 5 rings (SSSR count). The van der Waals surface area contributed by atoms with E-state index in [0.29, 0.717) is 61.6 Å². The Hall–Kier alpha value is -4.19. The molecule has 11 nitrogen and oxygen atoms in total. The first kappa shape index (κ1) is 48.8. The van der Waals surface area contributed by atoms with E-state index >= 15 is 0 Å². The Morgan fingerprint density at radius 1 is 0.903 bits per heavy atom. The molecule has 1 fully saturated rings. The van der Waals surface area contributed by atoms with Gasteiger partial charge in [0, 0.05) is 43.2 Å². The summed E-state index contributed by atoms with van der Waals surface area (Å²) in [6.45, 7) is 9.48. The van der Waals surface area contributed by atoms with Gasteiger partial charge >= 0.3 is 6.09 Å². The maximum atomic E-state index is 14.4. The molecule has 6 atom stereocenters. The highest BCUT2D eigenvalue weighted by atomic mass is 16.7. The maximum absolute atomic E-state index is 14.4. The number of carbonyl (C=O) groups is 2. The molecule has 2 aromatic carbocycles. The van der Waals surface area contributed by atoms with E-state index in [-0.39, 0.29) is 37.6 Å². The predicted molar refractivity (Wildman–Crippen MR) is 244 cm³/mol. The van der Waals surface area contributed by atoms with Crippen molar-refractivity contribution in [1.82, 2.24) is 4.90 Å². The first-order valence-electron chi connectivity index (χ1n) is 23.7. The third kappa shape index (κ3) is 12.5. The van der Waals surface area contributed by atoms with Crippen LogP contribution < -0.4 is 9.47 Å². The fourth-order valence-electron chi connectivity index (χ4n) is 10.1. The van der Waals surface area contributed by atoms with Gasteiger partial charge in [0.15, 0.2) is 0 Å². The number of amides is 1. The summed E-state index contributed by atoms with van der Waals surface area (Å²) >= 11 is 0. The standard InChI is InChI=1S/C51H74N2O9/c1-5-8-9-10-11-12-13-14-15-20-32-59-50(57)53(28-6-2)47-36-45(52-58-4)43-34-39(23-16-18-29-54)42(25-17-19-30-55)48-44-35-41(61-40-24-21-22-38(33-40)37-56)26-27-46(44)62-51(47,49(43)48)60-31-7-3/h7,21-22,24,26-27,33-35,37,39,42,47-49,54-55H,3,5-6,8-20,23,25,28-32,36H2,1-2,4H3/t39-,42+,47-,48+,49+,51+/m0/s1. The number of carbonyl (C=O) groups excluding carboxylic acids is 2. The third-order valence-electron chi connectivity index (χ3n) is 12.9. The largest absolute Gasteiger partial charge is 0.459 e. The quantitative estimate of drug-likeness (QED) is 0.0354.